The van der Waals surface area contributed by atoms with Crippen molar-refractivity contribution in [3.8, 4) is 0 Å². The highest BCUT2D eigenvalue weighted by Crippen LogP contribution is 2.24. The van der Waals surface area contributed by atoms with E-state index in [4.69, 9.17) is 9.47 Å². The molecule has 4 nitrogen and oxygen atoms in total. The predicted molar refractivity (Wildman–Crippen MR) is 185 cm³/mol. The number of carbonyl (C=O) groups excluding carboxylic acids is 2. The Balaban J connectivity index is 1.13. The normalized spacial score (nSPS) is 19.7. The standard InChI is InChI=1S/C34H36O4S4/c35-33(31-15-5-11-25-9-1-3-13-29(25)31)37-27-21-39-17-7-19-41-23-28(24-42-20-8-18-40-22-27)38-34(36)32-16-6-12-26-10-2-4-14-30(26)32/h1-6,9-16,27-28H,7-8,17-24H2. The van der Waals surface area contributed by atoms with Crippen LogP contribution >= 0.6 is 47.0 Å². The van der Waals surface area contributed by atoms with Crippen LogP contribution in [0.5, 0.6) is 0 Å². The van der Waals surface area contributed by atoms with Crippen molar-refractivity contribution in [3.63, 3.8) is 0 Å². The number of hydrogen-bond donors (Lipinski definition) is 0. The van der Waals surface area contributed by atoms with Crippen molar-refractivity contribution >= 4 is 80.5 Å². The van der Waals surface area contributed by atoms with E-state index in [1.165, 1.54) is 0 Å². The molecular formula is C34H36O4S4. The molecule has 0 amide bonds. The number of thioether (sulfide) groups is 4. The quantitative estimate of drug-likeness (QED) is 0.207. The number of ether oxygens (including phenoxy) is 2. The average Bonchev–Trinajstić information content (AvgIpc) is 3.02. The Kier molecular flexibility index (Phi) is 12.3. The van der Waals surface area contributed by atoms with E-state index in [-0.39, 0.29) is 24.1 Å². The van der Waals surface area contributed by atoms with Gasteiger partial charge in [0.1, 0.15) is 12.2 Å². The zero-order valence-electron chi connectivity index (χ0n) is 23.6. The van der Waals surface area contributed by atoms with Crippen molar-refractivity contribution in [1.82, 2.24) is 0 Å². The van der Waals surface area contributed by atoms with Crippen LogP contribution in [0.15, 0.2) is 84.9 Å². The molecule has 0 unspecified atom stereocenters. The fourth-order valence-corrected chi connectivity index (χ4v) is 9.37. The van der Waals surface area contributed by atoms with Crippen molar-refractivity contribution in [3.05, 3.63) is 96.1 Å². The molecule has 0 spiro atoms. The zero-order valence-corrected chi connectivity index (χ0v) is 26.8. The van der Waals surface area contributed by atoms with Crippen LogP contribution in [0.25, 0.3) is 21.5 Å². The van der Waals surface area contributed by atoms with Gasteiger partial charge in [-0.05, 0) is 69.5 Å². The molecule has 1 heterocycles. The Morgan fingerprint density at radius 3 is 1.26 bits per heavy atom. The third kappa shape index (κ3) is 8.88. The first kappa shape index (κ1) is 31.2. The Morgan fingerprint density at radius 1 is 0.500 bits per heavy atom. The van der Waals surface area contributed by atoms with Crippen LogP contribution in [0.1, 0.15) is 33.6 Å². The van der Waals surface area contributed by atoms with Crippen molar-refractivity contribution in [1.29, 1.82) is 0 Å². The molecule has 1 aliphatic heterocycles. The van der Waals surface area contributed by atoms with Crippen molar-refractivity contribution < 1.29 is 19.1 Å². The largest absolute Gasteiger partial charge is 0.457 e. The lowest BCUT2D eigenvalue weighted by molar-refractivity contribution is 0.0386. The van der Waals surface area contributed by atoms with Crippen LogP contribution in [0, 0.1) is 0 Å². The number of rotatable bonds is 4. The van der Waals surface area contributed by atoms with Gasteiger partial charge in [-0.1, -0.05) is 72.8 Å². The summed E-state index contributed by atoms with van der Waals surface area (Å²) in [6, 6.07) is 27.5. The van der Waals surface area contributed by atoms with E-state index in [9.17, 15) is 9.59 Å². The number of carbonyl (C=O) groups is 2. The molecule has 0 bridgehead atoms. The van der Waals surface area contributed by atoms with E-state index in [0.717, 1.165) is 80.4 Å². The maximum atomic E-state index is 13.2. The summed E-state index contributed by atoms with van der Waals surface area (Å²) >= 11 is 7.42. The first-order chi connectivity index (χ1) is 20.7. The highest BCUT2D eigenvalue weighted by Gasteiger charge is 2.20. The SMILES string of the molecule is O=C(OC1CSCCCSCC(OC(=O)c2cccc3ccccc23)CSCCCSC1)c1cccc2ccccc12. The van der Waals surface area contributed by atoms with Crippen molar-refractivity contribution in [2.75, 3.05) is 46.0 Å². The van der Waals surface area contributed by atoms with Crippen LogP contribution in [0.2, 0.25) is 0 Å². The van der Waals surface area contributed by atoms with Gasteiger partial charge in [-0.2, -0.15) is 47.0 Å². The summed E-state index contributed by atoms with van der Waals surface area (Å²) < 4.78 is 12.1. The van der Waals surface area contributed by atoms with Gasteiger partial charge in [0.05, 0.1) is 11.1 Å². The number of benzene rings is 4. The Labute approximate surface area is 265 Å². The van der Waals surface area contributed by atoms with Crippen LogP contribution in [0.4, 0.5) is 0 Å². The molecule has 0 aromatic heterocycles. The summed E-state index contributed by atoms with van der Waals surface area (Å²) in [7, 11) is 0. The zero-order chi connectivity index (χ0) is 29.0. The molecule has 8 heteroatoms. The summed E-state index contributed by atoms with van der Waals surface area (Å²) in [4.78, 5) is 26.3. The van der Waals surface area contributed by atoms with Crippen molar-refractivity contribution in [2.24, 2.45) is 0 Å². The second-order valence-corrected chi connectivity index (χ2v) is 14.7. The molecule has 1 aliphatic rings. The molecule has 5 rings (SSSR count). The Morgan fingerprint density at radius 2 is 0.857 bits per heavy atom. The first-order valence-corrected chi connectivity index (χ1v) is 19.0. The van der Waals surface area contributed by atoms with Crippen molar-refractivity contribution in [2.45, 2.75) is 25.0 Å². The topological polar surface area (TPSA) is 52.6 Å². The maximum absolute atomic E-state index is 13.2. The van der Waals surface area contributed by atoms with Gasteiger partial charge in [0.25, 0.3) is 0 Å². The summed E-state index contributed by atoms with van der Waals surface area (Å²) in [5, 5.41) is 3.98. The minimum Gasteiger partial charge on any atom is -0.457 e. The molecule has 42 heavy (non-hydrogen) atoms. The molecule has 0 N–H and O–H groups in total. The van der Waals surface area contributed by atoms with E-state index in [2.05, 4.69) is 0 Å². The third-order valence-electron chi connectivity index (χ3n) is 6.94. The molecule has 4 aromatic carbocycles. The lowest BCUT2D eigenvalue weighted by Crippen LogP contribution is -2.25. The average molecular weight is 637 g/mol. The van der Waals surface area contributed by atoms with E-state index in [1.54, 1.807) is 0 Å². The van der Waals surface area contributed by atoms with E-state index >= 15 is 0 Å². The van der Waals surface area contributed by atoms with Gasteiger partial charge in [-0.15, -0.1) is 0 Å². The molecule has 4 aromatic rings. The van der Waals surface area contributed by atoms with Gasteiger partial charge in [-0.25, -0.2) is 9.59 Å². The number of hydrogen-bond acceptors (Lipinski definition) is 8. The predicted octanol–water partition coefficient (Wildman–Crippen LogP) is 8.47. The lowest BCUT2D eigenvalue weighted by atomic mass is 10.0. The van der Waals surface area contributed by atoms with Crippen LogP contribution in [-0.4, -0.2) is 70.2 Å². The van der Waals surface area contributed by atoms with Crippen LogP contribution < -0.4 is 0 Å². The molecular weight excluding hydrogens is 601 g/mol. The highest BCUT2D eigenvalue weighted by molar-refractivity contribution is 8.01. The van der Waals surface area contributed by atoms with Crippen LogP contribution in [0.3, 0.4) is 0 Å². The Bertz CT molecular complexity index is 1340. The summed E-state index contributed by atoms with van der Waals surface area (Å²) in [6.45, 7) is 0. The van der Waals surface area contributed by atoms with Gasteiger partial charge < -0.3 is 9.47 Å². The second-order valence-electron chi connectivity index (χ2n) is 10.1. The minimum absolute atomic E-state index is 0.113. The molecule has 220 valence electrons. The van der Waals surface area contributed by atoms with Gasteiger partial charge in [0.2, 0.25) is 0 Å². The van der Waals surface area contributed by atoms with E-state index < -0.39 is 0 Å². The summed E-state index contributed by atoms with van der Waals surface area (Å²) in [6.07, 6.45) is 1.89. The Hall–Kier alpha value is -2.26. The number of esters is 2. The maximum Gasteiger partial charge on any atom is 0.339 e. The molecule has 1 saturated heterocycles. The third-order valence-corrected chi connectivity index (χ3v) is 11.7. The molecule has 0 radical (unpaired) electrons. The molecule has 0 aliphatic carbocycles. The molecule has 0 atom stereocenters. The van der Waals surface area contributed by atoms with Gasteiger partial charge in [-0.3, -0.25) is 0 Å². The lowest BCUT2D eigenvalue weighted by Gasteiger charge is -2.20. The molecule has 1 fully saturated rings. The first-order valence-electron chi connectivity index (χ1n) is 14.4. The van der Waals surface area contributed by atoms with Crippen LogP contribution in [-0.2, 0) is 9.47 Å². The fraction of sp³-hybridized carbons (Fsp3) is 0.353. The smallest absolute Gasteiger partial charge is 0.339 e. The summed E-state index contributed by atoms with van der Waals surface area (Å²) in [5.41, 5.74) is 1.28. The monoisotopic (exact) mass is 636 g/mol. The summed E-state index contributed by atoms with van der Waals surface area (Å²) in [5.74, 6) is 6.77. The second kappa shape index (κ2) is 16.6. The highest BCUT2D eigenvalue weighted by atomic mass is 32.2. The fourth-order valence-electron chi connectivity index (χ4n) is 4.85. The van der Waals surface area contributed by atoms with Gasteiger partial charge in [0.15, 0.2) is 0 Å². The number of fused-ring (bicyclic) bond motifs is 2. The molecule has 0 saturated carbocycles. The van der Waals surface area contributed by atoms with Gasteiger partial charge in [0, 0.05) is 23.0 Å². The van der Waals surface area contributed by atoms with E-state index in [1.807, 2.05) is 132 Å². The van der Waals surface area contributed by atoms with Gasteiger partial charge >= 0.3 is 11.9 Å². The minimum atomic E-state index is -0.234. The van der Waals surface area contributed by atoms with E-state index in [0.29, 0.717) is 11.1 Å².